The number of hydrogen-bond donors (Lipinski definition) is 5. The van der Waals surface area contributed by atoms with Gasteiger partial charge in [-0.15, -0.1) is 0 Å². The summed E-state index contributed by atoms with van der Waals surface area (Å²) in [6.45, 7) is 4.25. The van der Waals surface area contributed by atoms with Gasteiger partial charge in [-0.2, -0.15) is 0 Å². The number of benzene rings is 3. The maximum absolute atomic E-state index is 13.2. The molecule has 278 valence electrons. The maximum atomic E-state index is 13.2. The van der Waals surface area contributed by atoms with Gasteiger partial charge in [0, 0.05) is 18.2 Å². The van der Waals surface area contributed by atoms with Gasteiger partial charge in [-0.3, -0.25) is 9.59 Å². The van der Waals surface area contributed by atoms with E-state index < -0.39 is 38.7 Å². The summed E-state index contributed by atoms with van der Waals surface area (Å²) < 4.78 is 31.5. The minimum absolute atomic E-state index is 0.0151. The van der Waals surface area contributed by atoms with Crippen LogP contribution in [0.5, 0.6) is 11.5 Å². The van der Waals surface area contributed by atoms with Gasteiger partial charge in [0.25, 0.3) is 5.91 Å². The summed E-state index contributed by atoms with van der Waals surface area (Å²) in [5.74, 6) is -1.57. The van der Waals surface area contributed by atoms with Crippen molar-refractivity contribution in [1.29, 1.82) is 0 Å². The van der Waals surface area contributed by atoms with Gasteiger partial charge in [-0.1, -0.05) is 100 Å². The first-order valence-corrected chi connectivity index (χ1v) is 19.6. The number of amides is 4. The van der Waals surface area contributed by atoms with Gasteiger partial charge < -0.3 is 31.1 Å². The van der Waals surface area contributed by atoms with Crippen LogP contribution in [0.15, 0.2) is 53.4 Å². The van der Waals surface area contributed by atoms with Crippen LogP contribution in [0.4, 0.5) is 21.9 Å². The van der Waals surface area contributed by atoms with Gasteiger partial charge in [0.2, 0.25) is 5.91 Å². The van der Waals surface area contributed by atoms with E-state index in [0.29, 0.717) is 12.3 Å². The molecule has 0 heterocycles. The first-order valence-electron chi connectivity index (χ1n) is 16.9. The third-order valence-electron chi connectivity index (χ3n) is 8.13. The lowest BCUT2D eigenvalue weighted by Crippen LogP contribution is -2.34. The average Bonchev–Trinajstić information content (AvgIpc) is 3.09. The van der Waals surface area contributed by atoms with E-state index in [4.69, 9.17) is 39.5 Å². The van der Waals surface area contributed by atoms with Crippen molar-refractivity contribution in [3.05, 3.63) is 69.2 Å². The number of rotatable bonds is 19. The highest BCUT2D eigenvalue weighted by Gasteiger charge is 2.33. The highest BCUT2D eigenvalue weighted by molar-refractivity contribution is 7.92. The fourth-order valence-corrected chi connectivity index (χ4v) is 7.68. The molecule has 4 amide bonds. The fourth-order valence-electron chi connectivity index (χ4n) is 5.26. The van der Waals surface area contributed by atoms with Crippen molar-refractivity contribution in [2.24, 2.45) is 0 Å². The van der Waals surface area contributed by atoms with E-state index in [1.54, 1.807) is 6.92 Å². The lowest BCUT2D eigenvalue weighted by molar-refractivity contribution is -0.115. The number of anilines is 3. The van der Waals surface area contributed by atoms with Crippen LogP contribution in [0.3, 0.4) is 0 Å². The van der Waals surface area contributed by atoms with Gasteiger partial charge in [-0.05, 0) is 55.3 Å². The predicted octanol–water partition coefficient (Wildman–Crippen LogP) is 9.46. The van der Waals surface area contributed by atoms with Crippen LogP contribution in [-0.2, 0) is 14.6 Å². The molecule has 0 aliphatic carbocycles. The van der Waals surface area contributed by atoms with Gasteiger partial charge in [0.15, 0.2) is 9.84 Å². The maximum Gasteiger partial charge on any atom is 0.319 e. The molecular formula is C36H45Cl3N4O7S. The minimum atomic E-state index is -4.08. The number of aromatic hydroxyl groups is 1. The molecular weight excluding hydrogens is 739 g/mol. The molecule has 1 atom stereocenters. The SMILES string of the molecule is CCCCCCCCCCCNC(=O)Nc1c(Cl)cc(C(=O)Nc2cc(Cl)c(NC(=O)C(CC)S(=O)(=O)c3ccc(OC)cc3)cc2O)cc1Cl. The topological polar surface area (TPSA) is 163 Å². The van der Waals surface area contributed by atoms with Crippen molar-refractivity contribution in [2.75, 3.05) is 29.6 Å². The number of urea groups is 1. The summed E-state index contributed by atoms with van der Waals surface area (Å²) in [5.41, 5.74) is -0.0257. The number of methoxy groups -OCH3 is 1. The molecule has 1 unspecified atom stereocenters. The number of phenolic OH excluding ortho intramolecular Hbond substituents is 1. The zero-order valence-electron chi connectivity index (χ0n) is 28.9. The van der Waals surface area contributed by atoms with E-state index in [1.165, 1.54) is 88.1 Å². The summed E-state index contributed by atoms with van der Waals surface area (Å²) >= 11 is 19.1. The molecule has 0 bridgehead atoms. The minimum Gasteiger partial charge on any atom is -0.506 e. The zero-order valence-corrected chi connectivity index (χ0v) is 32.0. The van der Waals surface area contributed by atoms with Gasteiger partial charge in [0.05, 0.1) is 44.1 Å². The quantitative estimate of drug-likeness (QED) is 0.0597. The molecule has 0 aliphatic rings. The largest absolute Gasteiger partial charge is 0.506 e. The number of carbonyl (C=O) groups excluding carboxylic acids is 3. The summed E-state index contributed by atoms with van der Waals surface area (Å²) in [6, 6.07) is 10.1. The number of ether oxygens (including phenoxy) is 1. The smallest absolute Gasteiger partial charge is 0.319 e. The molecule has 11 nitrogen and oxygen atoms in total. The average molecular weight is 784 g/mol. The summed E-state index contributed by atoms with van der Waals surface area (Å²) in [5, 5.41) is 19.5. The third kappa shape index (κ3) is 12.2. The molecule has 0 radical (unpaired) electrons. The Hall–Kier alpha value is -3.71. The molecule has 0 aliphatic heterocycles. The second-order valence-corrected chi connectivity index (χ2v) is 15.3. The number of nitrogens with one attached hydrogen (secondary N) is 4. The van der Waals surface area contributed by atoms with Crippen LogP contribution in [-0.4, -0.2) is 50.3 Å². The highest BCUT2D eigenvalue weighted by atomic mass is 35.5. The second kappa shape index (κ2) is 20.4. The first kappa shape index (κ1) is 41.7. The molecule has 0 aromatic heterocycles. The van der Waals surface area contributed by atoms with Crippen molar-refractivity contribution in [2.45, 2.75) is 88.2 Å². The van der Waals surface area contributed by atoms with E-state index in [-0.39, 0.29) is 49.0 Å². The van der Waals surface area contributed by atoms with Crippen molar-refractivity contribution in [1.82, 2.24) is 5.32 Å². The van der Waals surface area contributed by atoms with E-state index in [0.717, 1.165) is 25.3 Å². The Morgan fingerprint density at radius 1 is 0.765 bits per heavy atom. The molecule has 51 heavy (non-hydrogen) atoms. The molecule has 3 aromatic rings. The molecule has 0 spiro atoms. The van der Waals surface area contributed by atoms with Gasteiger partial charge in [-0.25, -0.2) is 13.2 Å². The van der Waals surface area contributed by atoms with Crippen LogP contribution in [0.2, 0.25) is 15.1 Å². The number of carbonyl (C=O) groups is 3. The molecule has 3 aromatic carbocycles. The van der Waals surface area contributed by atoms with Crippen molar-refractivity contribution >= 4 is 79.5 Å². The lowest BCUT2D eigenvalue weighted by Gasteiger charge is -2.18. The predicted molar refractivity (Wildman–Crippen MR) is 205 cm³/mol. The standard InChI is InChI=1S/C36H45Cl3N4O7S/c1-4-6-7-8-9-10-11-12-13-18-40-36(47)43-33-27(38)19-23(20-28(33)39)34(45)42-30-21-26(37)29(22-31(30)44)41-35(46)32(5-2)51(48,49)25-16-14-24(50-3)15-17-25/h14-17,19-22,32,44H,4-13,18H2,1-3H3,(H,41,46)(H,42,45)(H2,40,43,47). The van der Waals surface area contributed by atoms with Crippen LogP contribution < -0.4 is 26.0 Å². The van der Waals surface area contributed by atoms with Crippen molar-refractivity contribution in [3.63, 3.8) is 0 Å². The van der Waals surface area contributed by atoms with Crippen LogP contribution in [0.1, 0.15) is 88.4 Å². The van der Waals surface area contributed by atoms with E-state index in [2.05, 4.69) is 28.2 Å². The Balaban J connectivity index is 1.58. The van der Waals surface area contributed by atoms with Crippen molar-refractivity contribution in [3.8, 4) is 11.5 Å². The molecule has 0 fully saturated rings. The van der Waals surface area contributed by atoms with E-state index >= 15 is 0 Å². The Morgan fingerprint density at radius 3 is 1.92 bits per heavy atom. The highest BCUT2D eigenvalue weighted by Crippen LogP contribution is 2.36. The normalized spacial score (nSPS) is 11.8. The van der Waals surface area contributed by atoms with Crippen LogP contribution in [0, 0.1) is 0 Å². The van der Waals surface area contributed by atoms with E-state index in [1.807, 2.05) is 0 Å². The van der Waals surface area contributed by atoms with Gasteiger partial charge in [0.1, 0.15) is 16.7 Å². The Kier molecular flexibility index (Phi) is 16.7. The first-order chi connectivity index (χ1) is 24.3. The molecule has 0 saturated carbocycles. The summed E-state index contributed by atoms with van der Waals surface area (Å²) in [7, 11) is -2.63. The molecule has 15 heteroatoms. The Morgan fingerprint density at radius 2 is 1.35 bits per heavy atom. The Bertz CT molecular complexity index is 1750. The Labute approximate surface area is 314 Å². The van der Waals surface area contributed by atoms with E-state index in [9.17, 15) is 27.9 Å². The zero-order chi connectivity index (χ0) is 37.6. The number of halogens is 3. The monoisotopic (exact) mass is 782 g/mol. The fraction of sp³-hybridized carbons (Fsp3) is 0.417. The lowest BCUT2D eigenvalue weighted by atomic mass is 10.1. The second-order valence-electron chi connectivity index (χ2n) is 11.9. The number of unbranched alkanes of at least 4 members (excludes halogenated alkanes) is 8. The number of phenols is 1. The van der Waals surface area contributed by atoms with Crippen LogP contribution >= 0.6 is 34.8 Å². The summed E-state index contributed by atoms with van der Waals surface area (Å²) in [6.07, 6.45) is 10.5. The summed E-state index contributed by atoms with van der Waals surface area (Å²) in [4.78, 5) is 38.6. The molecule has 5 N–H and O–H groups in total. The molecule has 0 saturated heterocycles. The third-order valence-corrected chi connectivity index (χ3v) is 11.3. The van der Waals surface area contributed by atoms with Crippen LogP contribution in [0.25, 0.3) is 0 Å². The van der Waals surface area contributed by atoms with Crippen molar-refractivity contribution < 1.29 is 32.6 Å². The number of sulfone groups is 1. The number of hydrogen-bond acceptors (Lipinski definition) is 7. The molecule has 3 rings (SSSR count). The van der Waals surface area contributed by atoms with Gasteiger partial charge >= 0.3 is 6.03 Å².